The number of ether oxygens (including phenoxy) is 4. The van der Waals surface area contributed by atoms with Crippen LogP contribution in [0.2, 0.25) is 0 Å². The van der Waals surface area contributed by atoms with Crippen LogP contribution in [0.3, 0.4) is 0 Å². The van der Waals surface area contributed by atoms with Crippen LogP contribution >= 0.6 is 0 Å². The molecule has 0 radical (unpaired) electrons. The summed E-state index contributed by atoms with van der Waals surface area (Å²) in [5.41, 5.74) is 2.08. The Bertz CT molecular complexity index is 1340. The molecule has 0 heterocycles. The van der Waals surface area contributed by atoms with Gasteiger partial charge in [0.15, 0.2) is 6.10 Å². The van der Waals surface area contributed by atoms with Gasteiger partial charge in [0, 0.05) is 32.3 Å². The fourth-order valence-electron chi connectivity index (χ4n) is 7.66. The van der Waals surface area contributed by atoms with E-state index in [0.29, 0.717) is 25.7 Å². The van der Waals surface area contributed by atoms with Crippen molar-refractivity contribution in [3.8, 4) is 0 Å². The van der Waals surface area contributed by atoms with Crippen molar-refractivity contribution in [2.24, 2.45) is 22.7 Å². The number of benzene rings is 1. The molecule has 8 nitrogen and oxygen atoms in total. The van der Waals surface area contributed by atoms with E-state index in [2.05, 4.69) is 20.4 Å². The Morgan fingerprint density at radius 1 is 0.860 bits per heavy atom. The van der Waals surface area contributed by atoms with Crippen LogP contribution in [0.1, 0.15) is 79.7 Å². The van der Waals surface area contributed by atoms with E-state index in [0.717, 1.165) is 22.3 Å². The minimum Gasteiger partial charge on any atom is -0.458 e. The zero-order valence-electron chi connectivity index (χ0n) is 26.3. The lowest BCUT2D eigenvalue weighted by molar-refractivity contribution is -0.187. The Labute approximate surface area is 254 Å². The maximum Gasteiger partial charge on any atom is 0.331 e. The van der Waals surface area contributed by atoms with Gasteiger partial charge in [-0.15, -0.1) is 0 Å². The molecule has 3 aliphatic rings. The minimum absolute atomic E-state index is 0.000360. The van der Waals surface area contributed by atoms with E-state index in [1.807, 2.05) is 44.2 Å². The minimum atomic E-state index is -0.897. The molecule has 0 unspecified atom stereocenters. The maximum atomic E-state index is 12.9. The molecule has 3 aliphatic carbocycles. The number of fused-ring (bicyclic) bond motifs is 3. The fraction of sp³-hybridized carbons (Fsp3) is 0.543. The third kappa shape index (κ3) is 6.63. The fourth-order valence-corrected chi connectivity index (χ4v) is 7.66. The molecule has 232 valence electrons. The summed E-state index contributed by atoms with van der Waals surface area (Å²) in [7, 11) is 0. The van der Waals surface area contributed by atoms with Crippen molar-refractivity contribution in [1.29, 1.82) is 0 Å². The first kappa shape index (κ1) is 32.2. The van der Waals surface area contributed by atoms with E-state index in [1.165, 1.54) is 26.8 Å². The van der Waals surface area contributed by atoms with Crippen LogP contribution in [0.15, 0.2) is 59.7 Å². The van der Waals surface area contributed by atoms with Crippen LogP contribution in [0, 0.1) is 22.7 Å². The second-order valence-electron chi connectivity index (χ2n) is 13.0. The van der Waals surface area contributed by atoms with Crippen molar-refractivity contribution in [2.75, 3.05) is 0 Å². The Morgan fingerprint density at radius 2 is 1.49 bits per heavy atom. The lowest BCUT2D eigenvalue weighted by Gasteiger charge is -2.58. The lowest BCUT2D eigenvalue weighted by Crippen LogP contribution is -2.59. The lowest BCUT2D eigenvalue weighted by atomic mass is 9.50. The van der Waals surface area contributed by atoms with E-state index < -0.39 is 59.1 Å². The number of rotatable bonds is 6. The van der Waals surface area contributed by atoms with Gasteiger partial charge in [-0.2, -0.15) is 0 Å². The van der Waals surface area contributed by atoms with Gasteiger partial charge in [0.25, 0.3) is 0 Å². The van der Waals surface area contributed by atoms with Crippen molar-refractivity contribution < 1.29 is 38.1 Å². The Hall–Kier alpha value is -3.68. The molecule has 1 aromatic carbocycles. The summed E-state index contributed by atoms with van der Waals surface area (Å²) in [6.45, 7) is 16.7. The molecule has 2 fully saturated rings. The monoisotopic (exact) mass is 592 g/mol. The summed E-state index contributed by atoms with van der Waals surface area (Å²) in [5.74, 6) is -2.11. The number of carbonyl (C=O) groups excluding carboxylic acids is 4. The number of esters is 4. The summed E-state index contributed by atoms with van der Waals surface area (Å²) in [4.78, 5) is 50.2. The SMILES string of the molecule is C=C1[C@@H](OC(=O)C=Cc2ccccc2)CC[C@]2(C)[C@@H]1C[C@H]1C[C@H](OC(C)=O)C(C)=C([C@@H](OC(C)=O)[C@@H]2OC(C)=O)C1(C)C. The van der Waals surface area contributed by atoms with Gasteiger partial charge in [-0.05, 0) is 78.2 Å². The molecule has 0 saturated heterocycles. The van der Waals surface area contributed by atoms with E-state index in [1.54, 1.807) is 6.08 Å². The molecule has 7 atom stereocenters. The first-order chi connectivity index (χ1) is 20.1. The Balaban J connectivity index is 1.77. The van der Waals surface area contributed by atoms with Gasteiger partial charge in [0.2, 0.25) is 0 Å². The average Bonchev–Trinajstić information content (AvgIpc) is 2.91. The zero-order valence-corrected chi connectivity index (χ0v) is 26.3. The highest BCUT2D eigenvalue weighted by molar-refractivity contribution is 5.87. The van der Waals surface area contributed by atoms with Crippen molar-refractivity contribution in [2.45, 2.75) is 98.6 Å². The van der Waals surface area contributed by atoms with Gasteiger partial charge >= 0.3 is 23.9 Å². The summed E-state index contributed by atoms with van der Waals surface area (Å²) in [6.07, 6.45) is 2.57. The van der Waals surface area contributed by atoms with Crippen LogP contribution in [-0.4, -0.2) is 48.3 Å². The van der Waals surface area contributed by atoms with Gasteiger partial charge in [-0.3, -0.25) is 14.4 Å². The predicted octanol–water partition coefficient (Wildman–Crippen LogP) is 6.15. The predicted molar refractivity (Wildman–Crippen MR) is 161 cm³/mol. The molecule has 4 rings (SSSR count). The van der Waals surface area contributed by atoms with Crippen LogP contribution in [0.5, 0.6) is 0 Å². The van der Waals surface area contributed by atoms with Crippen molar-refractivity contribution in [1.82, 2.24) is 0 Å². The molecular weight excluding hydrogens is 548 g/mol. The van der Waals surface area contributed by atoms with Crippen LogP contribution in [0.25, 0.3) is 6.08 Å². The second-order valence-corrected chi connectivity index (χ2v) is 13.0. The van der Waals surface area contributed by atoms with Gasteiger partial charge in [0.05, 0.1) is 0 Å². The quantitative estimate of drug-likeness (QED) is 0.168. The van der Waals surface area contributed by atoms with E-state index in [4.69, 9.17) is 18.9 Å². The highest BCUT2D eigenvalue weighted by Crippen LogP contribution is 2.60. The molecule has 0 spiro atoms. The molecule has 43 heavy (non-hydrogen) atoms. The summed E-state index contributed by atoms with van der Waals surface area (Å²) < 4.78 is 23.9. The van der Waals surface area contributed by atoms with Gasteiger partial charge in [-0.1, -0.05) is 57.7 Å². The summed E-state index contributed by atoms with van der Waals surface area (Å²) in [5, 5.41) is 0. The van der Waals surface area contributed by atoms with Gasteiger partial charge in [-0.25, -0.2) is 4.79 Å². The normalized spacial score (nSPS) is 31.7. The zero-order chi connectivity index (χ0) is 31.7. The van der Waals surface area contributed by atoms with E-state index in [9.17, 15) is 19.2 Å². The number of hydrogen-bond acceptors (Lipinski definition) is 8. The molecule has 0 aromatic heterocycles. The topological polar surface area (TPSA) is 105 Å². The highest BCUT2D eigenvalue weighted by atomic mass is 16.6. The van der Waals surface area contributed by atoms with E-state index in [-0.39, 0.29) is 11.8 Å². The summed E-state index contributed by atoms with van der Waals surface area (Å²) >= 11 is 0. The molecule has 0 amide bonds. The largest absolute Gasteiger partial charge is 0.458 e. The Morgan fingerprint density at radius 3 is 2.09 bits per heavy atom. The Kier molecular flexibility index (Phi) is 9.38. The molecule has 2 saturated carbocycles. The summed E-state index contributed by atoms with van der Waals surface area (Å²) in [6, 6.07) is 9.50. The highest BCUT2D eigenvalue weighted by Gasteiger charge is 2.60. The molecule has 8 heteroatoms. The standard InChI is InChI=1S/C35H44O8/c1-20-27-18-26-19-29(40-22(3)36)21(2)31(34(26,6)7)32(41-23(4)37)33(42-24(5)38)35(27,8)17-16-28(20)43-30(39)15-14-25-12-10-9-11-13-25/h9-15,26-29,32-33H,1,16-19H2,2-8H3/t26-,27+,28-,29-,32+,33-,35+/m0/s1. The average molecular weight is 593 g/mol. The molecule has 0 aliphatic heterocycles. The van der Waals surface area contributed by atoms with Crippen LogP contribution in [0.4, 0.5) is 0 Å². The third-order valence-corrected chi connectivity index (χ3v) is 9.82. The first-order valence-electron chi connectivity index (χ1n) is 15.0. The molecule has 0 N–H and O–H groups in total. The second kappa shape index (κ2) is 12.5. The smallest absolute Gasteiger partial charge is 0.331 e. The first-order valence-corrected chi connectivity index (χ1v) is 15.0. The van der Waals surface area contributed by atoms with Crippen molar-refractivity contribution >= 4 is 30.0 Å². The number of carbonyl (C=O) groups is 4. The van der Waals surface area contributed by atoms with Gasteiger partial charge in [0.1, 0.15) is 18.3 Å². The third-order valence-electron chi connectivity index (χ3n) is 9.82. The maximum absolute atomic E-state index is 12.9. The van der Waals surface area contributed by atoms with Crippen LogP contribution < -0.4 is 0 Å². The van der Waals surface area contributed by atoms with E-state index >= 15 is 0 Å². The van der Waals surface area contributed by atoms with Gasteiger partial charge < -0.3 is 18.9 Å². The molecule has 1 aromatic rings. The van der Waals surface area contributed by atoms with Crippen molar-refractivity contribution in [3.63, 3.8) is 0 Å². The van der Waals surface area contributed by atoms with Crippen LogP contribution in [-0.2, 0) is 38.1 Å². The van der Waals surface area contributed by atoms with Crippen molar-refractivity contribution in [3.05, 3.63) is 65.3 Å². The number of hydrogen-bond donors (Lipinski definition) is 0. The molecular formula is C35H44O8. The molecule has 2 bridgehead atoms.